The first kappa shape index (κ1) is 13.4. The van der Waals surface area contributed by atoms with Crippen LogP contribution in [0.2, 0.25) is 0 Å². The molecule has 2 heterocycles. The number of piperidine rings is 1. The Labute approximate surface area is 110 Å². The van der Waals surface area contributed by atoms with Gasteiger partial charge in [0.1, 0.15) is 12.0 Å². The van der Waals surface area contributed by atoms with Crippen molar-refractivity contribution in [3.8, 4) is 0 Å². The quantitative estimate of drug-likeness (QED) is 0.854. The van der Waals surface area contributed by atoms with Crippen LogP contribution in [0.1, 0.15) is 25.5 Å². The van der Waals surface area contributed by atoms with Crippen LogP contribution in [0.5, 0.6) is 0 Å². The average molecular weight is 267 g/mol. The summed E-state index contributed by atoms with van der Waals surface area (Å²) in [5, 5.41) is 15.4. The Balaban J connectivity index is 1.84. The lowest BCUT2D eigenvalue weighted by Gasteiger charge is -2.36. The van der Waals surface area contributed by atoms with Crippen LogP contribution in [0.25, 0.3) is 0 Å². The first-order valence-electron chi connectivity index (χ1n) is 6.24. The van der Waals surface area contributed by atoms with Crippen molar-refractivity contribution < 1.29 is 19.2 Å². The number of rotatable bonds is 3. The molecule has 104 valence electrons. The fourth-order valence-corrected chi connectivity index (χ4v) is 2.29. The van der Waals surface area contributed by atoms with E-state index in [9.17, 15) is 9.59 Å². The number of aliphatic carboxylic acids is 1. The Hall–Kier alpha value is -2.05. The maximum Gasteiger partial charge on any atom is 0.317 e. The van der Waals surface area contributed by atoms with Gasteiger partial charge in [0.25, 0.3) is 0 Å². The highest BCUT2D eigenvalue weighted by Crippen LogP contribution is 2.22. The molecule has 1 aliphatic rings. The van der Waals surface area contributed by atoms with Gasteiger partial charge in [0.2, 0.25) is 0 Å². The summed E-state index contributed by atoms with van der Waals surface area (Å²) < 4.78 is 4.67. The molecule has 1 aromatic heterocycles. The minimum atomic E-state index is -0.783. The highest BCUT2D eigenvalue weighted by Gasteiger charge is 2.32. The average Bonchev–Trinajstić information content (AvgIpc) is 2.88. The zero-order chi connectivity index (χ0) is 13.8. The Morgan fingerprint density at radius 1 is 1.63 bits per heavy atom. The van der Waals surface area contributed by atoms with Gasteiger partial charge < -0.3 is 19.8 Å². The number of hydrogen-bond acceptors (Lipinski definition) is 4. The molecule has 2 unspecified atom stereocenters. The van der Waals surface area contributed by atoms with E-state index < -0.39 is 5.97 Å². The van der Waals surface area contributed by atoms with Crippen molar-refractivity contribution in [1.82, 2.24) is 15.4 Å². The molecule has 0 aromatic carbocycles. The molecular formula is C12H17N3O4. The van der Waals surface area contributed by atoms with Gasteiger partial charge in [0.15, 0.2) is 0 Å². The van der Waals surface area contributed by atoms with Crippen molar-refractivity contribution in [3.05, 3.63) is 18.0 Å². The largest absolute Gasteiger partial charge is 0.481 e. The molecule has 1 aliphatic heterocycles. The number of carbonyl (C=O) groups is 2. The second-order valence-corrected chi connectivity index (χ2v) is 4.75. The molecule has 19 heavy (non-hydrogen) atoms. The fourth-order valence-electron chi connectivity index (χ4n) is 2.29. The maximum atomic E-state index is 12.0. The van der Waals surface area contributed by atoms with Crippen LogP contribution >= 0.6 is 0 Å². The summed E-state index contributed by atoms with van der Waals surface area (Å²) in [6.07, 6.45) is 2.44. The van der Waals surface area contributed by atoms with E-state index in [1.807, 2.05) is 6.92 Å². The second-order valence-electron chi connectivity index (χ2n) is 4.75. The van der Waals surface area contributed by atoms with E-state index in [0.717, 1.165) is 0 Å². The number of nitrogens with zero attached hydrogens (tertiary/aromatic N) is 2. The first-order valence-corrected chi connectivity index (χ1v) is 6.24. The van der Waals surface area contributed by atoms with Gasteiger partial charge in [0, 0.05) is 18.7 Å². The van der Waals surface area contributed by atoms with Crippen LogP contribution < -0.4 is 5.32 Å². The molecule has 7 nitrogen and oxygen atoms in total. The van der Waals surface area contributed by atoms with Crippen LogP contribution in [0.3, 0.4) is 0 Å². The number of amides is 2. The molecule has 0 saturated carbocycles. The number of hydrogen-bond donors (Lipinski definition) is 2. The van der Waals surface area contributed by atoms with Gasteiger partial charge in [-0.15, -0.1) is 0 Å². The molecule has 0 aliphatic carbocycles. The van der Waals surface area contributed by atoms with E-state index >= 15 is 0 Å². The van der Waals surface area contributed by atoms with E-state index in [0.29, 0.717) is 31.6 Å². The smallest absolute Gasteiger partial charge is 0.317 e. The topological polar surface area (TPSA) is 95.7 Å². The predicted octanol–water partition coefficient (Wildman–Crippen LogP) is 1.07. The number of carboxylic acids is 1. The Kier molecular flexibility index (Phi) is 4.03. The first-order chi connectivity index (χ1) is 9.08. The minimum Gasteiger partial charge on any atom is -0.481 e. The summed E-state index contributed by atoms with van der Waals surface area (Å²) in [6, 6.07) is 1.41. The van der Waals surface area contributed by atoms with Gasteiger partial charge in [-0.25, -0.2) is 4.79 Å². The number of likely N-dealkylation sites (tertiary alicyclic amines) is 1. The number of nitrogens with one attached hydrogen (secondary N) is 1. The lowest BCUT2D eigenvalue weighted by atomic mass is 9.92. The molecule has 2 N–H and O–H groups in total. The van der Waals surface area contributed by atoms with Gasteiger partial charge in [-0.1, -0.05) is 5.16 Å². The molecule has 0 spiro atoms. The fraction of sp³-hybridized carbons (Fsp3) is 0.583. The third-order valence-electron chi connectivity index (χ3n) is 3.40. The lowest BCUT2D eigenvalue weighted by Crippen LogP contribution is -2.50. The number of carbonyl (C=O) groups excluding carboxylic acids is 1. The van der Waals surface area contributed by atoms with Gasteiger partial charge in [0.05, 0.1) is 12.5 Å². The predicted molar refractivity (Wildman–Crippen MR) is 65.3 cm³/mol. The van der Waals surface area contributed by atoms with E-state index in [-0.39, 0.29) is 18.0 Å². The van der Waals surface area contributed by atoms with Crippen molar-refractivity contribution >= 4 is 12.0 Å². The normalized spacial score (nSPS) is 23.1. The summed E-state index contributed by atoms with van der Waals surface area (Å²) in [5.74, 6) is -1.14. The summed E-state index contributed by atoms with van der Waals surface area (Å²) in [7, 11) is 0. The molecule has 7 heteroatoms. The van der Waals surface area contributed by atoms with Crippen LogP contribution in [0.15, 0.2) is 16.9 Å². The van der Waals surface area contributed by atoms with Gasteiger partial charge in [-0.2, -0.15) is 0 Å². The zero-order valence-electron chi connectivity index (χ0n) is 10.7. The molecular weight excluding hydrogens is 250 g/mol. The molecule has 2 rings (SSSR count). The monoisotopic (exact) mass is 267 g/mol. The van der Waals surface area contributed by atoms with Crippen molar-refractivity contribution in [2.75, 3.05) is 6.54 Å². The molecule has 1 fully saturated rings. The second kappa shape index (κ2) is 5.73. The SMILES string of the molecule is CC1CC(C(=O)O)CCN1C(=O)NCc1ccon1. The van der Waals surface area contributed by atoms with Gasteiger partial charge in [-0.3, -0.25) is 4.79 Å². The number of carboxylic acid groups (broad SMARTS) is 1. The van der Waals surface area contributed by atoms with Crippen LogP contribution in [-0.2, 0) is 11.3 Å². The van der Waals surface area contributed by atoms with Crippen molar-refractivity contribution in [2.45, 2.75) is 32.4 Å². The minimum absolute atomic E-state index is 0.0767. The Bertz CT molecular complexity index is 446. The number of aromatic nitrogens is 1. The number of urea groups is 1. The third kappa shape index (κ3) is 3.24. The van der Waals surface area contributed by atoms with E-state index in [4.69, 9.17) is 5.11 Å². The molecule has 0 radical (unpaired) electrons. The molecule has 2 atom stereocenters. The zero-order valence-corrected chi connectivity index (χ0v) is 10.7. The standard InChI is InChI=1S/C12H17N3O4/c1-8-6-9(11(16)17)2-4-15(8)12(18)13-7-10-3-5-19-14-10/h3,5,8-9H,2,4,6-7H2,1H3,(H,13,18)(H,16,17). The lowest BCUT2D eigenvalue weighted by molar-refractivity contribution is -0.143. The highest BCUT2D eigenvalue weighted by molar-refractivity contribution is 5.75. The van der Waals surface area contributed by atoms with Crippen molar-refractivity contribution in [2.24, 2.45) is 5.92 Å². The Morgan fingerprint density at radius 2 is 2.42 bits per heavy atom. The van der Waals surface area contributed by atoms with E-state index in [1.54, 1.807) is 11.0 Å². The summed E-state index contributed by atoms with van der Waals surface area (Å²) >= 11 is 0. The molecule has 1 aromatic rings. The van der Waals surface area contributed by atoms with E-state index in [1.165, 1.54) is 6.26 Å². The Morgan fingerprint density at radius 3 is 3.00 bits per heavy atom. The van der Waals surface area contributed by atoms with Crippen molar-refractivity contribution in [1.29, 1.82) is 0 Å². The third-order valence-corrected chi connectivity index (χ3v) is 3.40. The highest BCUT2D eigenvalue weighted by atomic mass is 16.5. The van der Waals surface area contributed by atoms with E-state index in [2.05, 4.69) is 15.0 Å². The van der Waals surface area contributed by atoms with Gasteiger partial charge in [-0.05, 0) is 19.8 Å². The summed E-state index contributed by atoms with van der Waals surface area (Å²) in [6.45, 7) is 2.63. The maximum absolute atomic E-state index is 12.0. The van der Waals surface area contributed by atoms with Crippen LogP contribution in [-0.4, -0.2) is 39.8 Å². The van der Waals surface area contributed by atoms with Gasteiger partial charge >= 0.3 is 12.0 Å². The van der Waals surface area contributed by atoms with Crippen LogP contribution in [0, 0.1) is 5.92 Å². The molecule has 2 amide bonds. The molecule has 0 bridgehead atoms. The summed E-state index contributed by atoms with van der Waals surface area (Å²) in [4.78, 5) is 24.6. The molecule has 1 saturated heterocycles. The summed E-state index contributed by atoms with van der Waals surface area (Å²) in [5.41, 5.74) is 0.654. The van der Waals surface area contributed by atoms with Crippen LogP contribution in [0.4, 0.5) is 4.79 Å². The van der Waals surface area contributed by atoms with Crippen molar-refractivity contribution in [3.63, 3.8) is 0 Å².